The molecule has 0 unspecified atom stereocenters. The van der Waals surface area contributed by atoms with E-state index in [9.17, 15) is 13.6 Å². The Balaban J connectivity index is 2.18. The molecule has 0 heterocycles. The van der Waals surface area contributed by atoms with Gasteiger partial charge in [0.1, 0.15) is 18.1 Å². The minimum Gasteiger partial charge on any atom is -0.494 e. The molecule has 2 aromatic rings. The SMILES string of the molecule is CCOc1ccc(COc2ccc(C)cc2C)c(NC(=O)OC(F)F)c1. The number of ether oxygens (including phenoxy) is 3. The smallest absolute Gasteiger partial charge is 0.416 e. The Labute approximate surface area is 150 Å². The predicted octanol–water partition coefficient (Wildman–Crippen LogP) is 5.05. The Kier molecular flexibility index (Phi) is 6.77. The molecule has 0 saturated carbocycles. The number of halogens is 2. The number of nitrogens with one attached hydrogen (secondary N) is 1. The van der Waals surface area contributed by atoms with Crippen LogP contribution in [0.2, 0.25) is 0 Å². The molecule has 0 bridgehead atoms. The van der Waals surface area contributed by atoms with Crippen LogP contribution in [0, 0.1) is 13.8 Å². The van der Waals surface area contributed by atoms with Gasteiger partial charge in [0, 0.05) is 11.6 Å². The lowest BCUT2D eigenvalue weighted by Crippen LogP contribution is -2.18. The number of hydrogen-bond acceptors (Lipinski definition) is 4. The topological polar surface area (TPSA) is 56.8 Å². The third kappa shape index (κ3) is 5.61. The summed E-state index contributed by atoms with van der Waals surface area (Å²) in [7, 11) is 0. The van der Waals surface area contributed by atoms with E-state index in [-0.39, 0.29) is 12.3 Å². The summed E-state index contributed by atoms with van der Waals surface area (Å²) in [6.45, 7) is 3.11. The second-order valence-electron chi connectivity index (χ2n) is 5.60. The van der Waals surface area contributed by atoms with Gasteiger partial charge in [0.2, 0.25) is 0 Å². The summed E-state index contributed by atoms with van der Waals surface area (Å²) in [4.78, 5) is 11.5. The number of amides is 1. The molecule has 0 aliphatic heterocycles. The van der Waals surface area contributed by atoms with Crippen molar-refractivity contribution in [3.8, 4) is 11.5 Å². The van der Waals surface area contributed by atoms with Crippen LogP contribution in [0.15, 0.2) is 36.4 Å². The van der Waals surface area contributed by atoms with Gasteiger partial charge in [0.15, 0.2) is 0 Å². The van der Waals surface area contributed by atoms with E-state index >= 15 is 0 Å². The summed E-state index contributed by atoms with van der Waals surface area (Å²) in [6.07, 6.45) is -1.25. The van der Waals surface area contributed by atoms with Gasteiger partial charge in [-0.3, -0.25) is 5.32 Å². The zero-order valence-corrected chi connectivity index (χ0v) is 14.8. The predicted molar refractivity (Wildman–Crippen MR) is 94.0 cm³/mol. The molecule has 0 aromatic heterocycles. The Hall–Kier alpha value is -2.83. The van der Waals surface area contributed by atoms with Crippen molar-refractivity contribution in [3.63, 3.8) is 0 Å². The third-order valence-electron chi connectivity index (χ3n) is 3.54. The summed E-state index contributed by atoms with van der Waals surface area (Å²) in [5.41, 5.74) is 2.97. The highest BCUT2D eigenvalue weighted by atomic mass is 19.3. The average Bonchev–Trinajstić information content (AvgIpc) is 2.55. The third-order valence-corrected chi connectivity index (χ3v) is 3.54. The highest BCUT2D eigenvalue weighted by molar-refractivity contribution is 5.86. The molecule has 0 radical (unpaired) electrons. The number of benzene rings is 2. The van der Waals surface area contributed by atoms with E-state index in [1.165, 1.54) is 6.07 Å². The number of carbonyl (C=O) groups is 1. The number of anilines is 1. The van der Waals surface area contributed by atoms with Crippen LogP contribution < -0.4 is 14.8 Å². The average molecular weight is 365 g/mol. The van der Waals surface area contributed by atoms with Crippen LogP contribution in [0.25, 0.3) is 0 Å². The van der Waals surface area contributed by atoms with Crippen molar-refractivity contribution in [1.29, 1.82) is 0 Å². The lowest BCUT2D eigenvalue weighted by Gasteiger charge is -2.15. The number of aryl methyl sites for hydroxylation is 2. The van der Waals surface area contributed by atoms with Crippen LogP contribution in [0.5, 0.6) is 11.5 Å². The van der Waals surface area contributed by atoms with Gasteiger partial charge in [-0.1, -0.05) is 17.7 Å². The van der Waals surface area contributed by atoms with Crippen LogP contribution in [-0.4, -0.2) is 19.3 Å². The fourth-order valence-corrected chi connectivity index (χ4v) is 2.39. The van der Waals surface area contributed by atoms with Crippen molar-refractivity contribution in [3.05, 3.63) is 53.1 Å². The highest BCUT2D eigenvalue weighted by Gasteiger charge is 2.14. The van der Waals surface area contributed by atoms with Gasteiger partial charge < -0.3 is 14.2 Å². The van der Waals surface area contributed by atoms with Crippen molar-refractivity contribution in [2.75, 3.05) is 11.9 Å². The largest absolute Gasteiger partial charge is 0.494 e. The molecular weight excluding hydrogens is 344 g/mol. The zero-order chi connectivity index (χ0) is 19.1. The first kappa shape index (κ1) is 19.5. The van der Waals surface area contributed by atoms with Gasteiger partial charge in [-0.25, -0.2) is 4.79 Å². The lowest BCUT2D eigenvalue weighted by atomic mass is 10.1. The maximum atomic E-state index is 12.2. The molecule has 0 fully saturated rings. The van der Waals surface area contributed by atoms with Gasteiger partial charge in [0.05, 0.1) is 12.3 Å². The van der Waals surface area contributed by atoms with E-state index < -0.39 is 12.7 Å². The van der Waals surface area contributed by atoms with E-state index in [0.29, 0.717) is 23.7 Å². The molecule has 140 valence electrons. The molecule has 0 aliphatic rings. The van der Waals surface area contributed by atoms with Gasteiger partial charge in [-0.05, 0) is 44.5 Å². The zero-order valence-electron chi connectivity index (χ0n) is 14.8. The maximum absolute atomic E-state index is 12.2. The summed E-state index contributed by atoms with van der Waals surface area (Å²) < 4.78 is 39.4. The second-order valence-corrected chi connectivity index (χ2v) is 5.60. The monoisotopic (exact) mass is 365 g/mol. The molecule has 1 N–H and O–H groups in total. The first-order valence-corrected chi connectivity index (χ1v) is 8.10. The highest BCUT2D eigenvalue weighted by Crippen LogP contribution is 2.26. The summed E-state index contributed by atoms with van der Waals surface area (Å²) >= 11 is 0. The molecule has 0 atom stereocenters. The Bertz CT molecular complexity index is 765. The number of carbonyl (C=O) groups excluding carboxylic acids is 1. The van der Waals surface area contributed by atoms with Crippen molar-refractivity contribution < 1.29 is 27.8 Å². The normalized spacial score (nSPS) is 10.5. The Morgan fingerprint density at radius 2 is 1.88 bits per heavy atom. The lowest BCUT2D eigenvalue weighted by molar-refractivity contribution is -0.0766. The molecule has 2 rings (SSSR count). The van der Waals surface area contributed by atoms with E-state index in [4.69, 9.17) is 9.47 Å². The van der Waals surface area contributed by atoms with E-state index in [2.05, 4.69) is 10.1 Å². The van der Waals surface area contributed by atoms with Gasteiger partial charge >= 0.3 is 12.7 Å². The molecule has 0 aliphatic carbocycles. The quantitative estimate of drug-likeness (QED) is 0.746. The van der Waals surface area contributed by atoms with Crippen molar-refractivity contribution >= 4 is 11.8 Å². The molecular formula is C19H21F2NO4. The van der Waals surface area contributed by atoms with E-state index in [1.807, 2.05) is 39.0 Å². The van der Waals surface area contributed by atoms with Crippen LogP contribution in [0.4, 0.5) is 19.3 Å². The fourth-order valence-electron chi connectivity index (χ4n) is 2.39. The van der Waals surface area contributed by atoms with Gasteiger partial charge in [0.25, 0.3) is 0 Å². The number of hydrogen-bond donors (Lipinski definition) is 1. The van der Waals surface area contributed by atoms with E-state index in [1.54, 1.807) is 12.1 Å². The summed E-state index contributed by atoms with van der Waals surface area (Å²) in [5.74, 6) is 1.20. The maximum Gasteiger partial charge on any atom is 0.416 e. The molecule has 0 spiro atoms. The first-order chi connectivity index (χ1) is 12.4. The van der Waals surface area contributed by atoms with Crippen LogP contribution >= 0.6 is 0 Å². The Morgan fingerprint density at radius 1 is 1.12 bits per heavy atom. The van der Waals surface area contributed by atoms with Crippen molar-refractivity contribution in [2.24, 2.45) is 0 Å². The van der Waals surface area contributed by atoms with Crippen LogP contribution in [0.3, 0.4) is 0 Å². The van der Waals surface area contributed by atoms with Crippen molar-refractivity contribution in [2.45, 2.75) is 34.0 Å². The Morgan fingerprint density at radius 3 is 2.54 bits per heavy atom. The summed E-state index contributed by atoms with van der Waals surface area (Å²) in [6, 6.07) is 10.7. The minimum absolute atomic E-state index is 0.139. The number of alkyl halides is 2. The van der Waals surface area contributed by atoms with Crippen molar-refractivity contribution in [1.82, 2.24) is 0 Å². The van der Waals surface area contributed by atoms with E-state index in [0.717, 1.165) is 11.1 Å². The standard InChI is InChI=1S/C19H21F2NO4/c1-4-24-15-7-6-14(16(10-15)22-19(23)26-18(20)21)11-25-17-8-5-12(2)9-13(17)3/h5-10,18H,4,11H2,1-3H3,(H,22,23). The second kappa shape index (κ2) is 9.03. The number of rotatable bonds is 7. The van der Waals surface area contributed by atoms with Crippen LogP contribution in [0.1, 0.15) is 23.6 Å². The molecule has 1 amide bonds. The molecule has 5 nitrogen and oxygen atoms in total. The van der Waals surface area contributed by atoms with Crippen LogP contribution in [-0.2, 0) is 11.3 Å². The molecule has 7 heteroatoms. The minimum atomic E-state index is -3.19. The fraction of sp³-hybridized carbons (Fsp3) is 0.316. The van der Waals surface area contributed by atoms with Gasteiger partial charge in [-0.2, -0.15) is 8.78 Å². The molecule has 26 heavy (non-hydrogen) atoms. The molecule has 0 saturated heterocycles. The first-order valence-electron chi connectivity index (χ1n) is 8.10. The summed E-state index contributed by atoms with van der Waals surface area (Å²) in [5, 5.41) is 2.30. The molecule has 2 aromatic carbocycles. The van der Waals surface area contributed by atoms with Gasteiger partial charge in [-0.15, -0.1) is 0 Å².